The molecule has 2 rings (SSSR count). The number of nitrogens with zero attached hydrogens (tertiary/aromatic N) is 4. The van der Waals surface area contributed by atoms with E-state index in [9.17, 15) is 14.9 Å². The lowest BCUT2D eigenvalue weighted by Gasteiger charge is -2.04. The Bertz CT molecular complexity index is 806. The molecule has 0 fully saturated rings. The molecule has 1 aromatic heterocycles. The summed E-state index contributed by atoms with van der Waals surface area (Å²) in [5.41, 5.74) is 5.05. The van der Waals surface area contributed by atoms with Crippen LogP contribution in [0.2, 0.25) is 0 Å². The Hall–Kier alpha value is -3.03. The van der Waals surface area contributed by atoms with Crippen molar-refractivity contribution in [2.45, 2.75) is 40.2 Å². The van der Waals surface area contributed by atoms with Gasteiger partial charge in [0.2, 0.25) is 0 Å². The molecule has 8 nitrogen and oxygen atoms in total. The Balaban J connectivity index is 1.97. The summed E-state index contributed by atoms with van der Waals surface area (Å²) in [6.45, 7) is 7.20. The van der Waals surface area contributed by atoms with Crippen LogP contribution in [0.4, 0.5) is 5.69 Å². The lowest BCUT2D eigenvalue weighted by molar-refractivity contribution is -0.386. The highest BCUT2D eigenvalue weighted by Crippen LogP contribution is 2.21. The molecule has 1 N–H and O–H groups in total. The molecule has 1 amide bonds. The SMILES string of the molecule is Cc1nn(CC(=O)N/N=C/c2ccc(C(C)C)cc2)c(C)c1[N+](=O)[O-]. The molecule has 0 saturated heterocycles. The van der Waals surface area contributed by atoms with E-state index in [1.54, 1.807) is 20.1 Å². The van der Waals surface area contributed by atoms with Gasteiger partial charge in [0, 0.05) is 0 Å². The summed E-state index contributed by atoms with van der Waals surface area (Å²) in [7, 11) is 0. The third-order valence-electron chi connectivity index (χ3n) is 3.83. The van der Waals surface area contributed by atoms with Crippen LogP contribution in [0.1, 0.15) is 42.3 Å². The number of nitrogens with one attached hydrogen (secondary N) is 1. The van der Waals surface area contributed by atoms with Gasteiger partial charge in [-0.1, -0.05) is 38.1 Å². The Morgan fingerprint density at radius 1 is 1.36 bits per heavy atom. The Morgan fingerprint density at radius 3 is 2.52 bits per heavy atom. The van der Waals surface area contributed by atoms with Gasteiger partial charge in [-0.25, -0.2) is 5.43 Å². The van der Waals surface area contributed by atoms with Crippen LogP contribution in [-0.2, 0) is 11.3 Å². The molecule has 1 aromatic carbocycles. The number of rotatable bonds is 6. The van der Waals surface area contributed by atoms with E-state index in [0.717, 1.165) is 5.56 Å². The zero-order valence-corrected chi connectivity index (χ0v) is 14.7. The van der Waals surface area contributed by atoms with E-state index < -0.39 is 10.8 Å². The van der Waals surface area contributed by atoms with Crippen LogP contribution in [0.15, 0.2) is 29.4 Å². The van der Waals surface area contributed by atoms with Crippen LogP contribution >= 0.6 is 0 Å². The molecule has 0 unspecified atom stereocenters. The fourth-order valence-corrected chi connectivity index (χ4v) is 2.42. The van der Waals surface area contributed by atoms with Crippen molar-refractivity contribution in [1.82, 2.24) is 15.2 Å². The molecule has 0 aliphatic carbocycles. The number of carbonyl (C=O) groups excluding carboxylic acids is 1. The predicted molar refractivity (Wildman–Crippen MR) is 94.6 cm³/mol. The van der Waals surface area contributed by atoms with E-state index in [0.29, 0.717) is 11.6 Å². The van der Waals surface area contributed by atoms with Crippen molar-refractivity contribution in [1.29, 1.82) is 0 Å². The van der Waals surface area contributed by atoms with Crippen molar-refractivity contribution in [2.24, 2.45) is 5.10 Å². The smallest absolute Gasteiger partial charge is 0.271 e. The topological polar surface area (TPSA) is 102 Å². The highest BCUT2D eigenvalue weighted by Gasteiger charge is 2.22. The number of hydrogen-bond acceptors (Lipinski definition) is 5. The summed E-state index contributed by atoms with van der Waals surface area (Å²) >= 11 is 0. The molecular formula is C17H21N5O3. The molecule has 0 saturated carbocycles. The second-order valence-corrected chi connectivity index (χ2v) is 6.05. The standard InChI is InChI=1S/C17H21N5O3/c1-11(2)15-7-5-14(6-8-15)9-18-19-16(23)10-21-13(4)17(22(24)25)12(3)20-21/h5-9,11H,10H2,1-4H3,(H,19,23)/b18-9+. The lowest BCUT2D eigenvalue weighted by Crippen LogP contribution is -2.24. The van der Waals surface area contributed by atoms with Crippen LogP contribution in [-0.4, -0.2) is 26.8 Å². The van der Waals surface area contributed by atoms with E-state index in [2.05, 4.69) is 29.5 Å². The highest BCUT2D eigenvalue weighted by molar-refractivity contribution is 5.82. The van der Waals surface area contributed by atoms with Crippen molar-refractivity contribution in [3.8, 4) is 0 Å². The van der Waals surface area contributed by atoms with E-state index in [-0.39, 0.29) is 17.9 Å². The van der Waals surface area contributed by atoms with E-state index in [1.165, 1.54) is 10.2 Å². The molecule has 8 heteroatoms. The van der Waals surface area contributed by atoms with Crippen molar-refractivity contribution in [2.75, 3.05) is 0 Å². The predicted octanol–water partition coefficient (Wildman–Crippen LogP) is 2.68. The maximum Gasteiger partial charge on any atom is 0.312 e. The molecule has 0 bridgehead atoms. The average molecular weight is 343 g/mol. The highest BCUT2D eigenvalue weighted by atomic mass is 16.6. The minimum Gasteiger partial charge on any atom is -0.271 e. The van der Waals surface area contributed by atoms with E-state index >= 15 is 0 Å². The summed E-state index contributed by atoms with van der Waals surface area (Å²) < 4.78 is 1.30. The average Bonchev–Trinajstić information content (AvgIpc) is 2.81. The van der Waals surface area contributed by atoms with E-state index in [4.69, 9.17) is 0 Å². The zero-order chi connectivity index (χ0) is 18.6. The first kappa shape index (κ1) is 18.3. The van der Waals surface area contributed by atoms with Crippen LogP contribution in [0.5, 0.6) is 0 Å². The maximum atomic E-state index is 11.9. The molecule has 0 spiro atoms. The number of aromatic nitrogens is 2. The largest absolute Gasteiger partial charge is 0.312 e. The third kappa shape index (κ3) is 4.50. The van der Waals surface area contributed by atoms with Gasteiger partial charge >= 0.3 is 5.69 Å². The molecule has 0 aliphatic heterocycles. The van der Waals surface area contributed by atoms with Crippen molar-refractivity contribution < 1.29 is 9.72 Å². The van der Waals surface area contributed by atoms with Crippen molar-refractivity contribution in [3.05, 3.63) is 56.9 Å². The van der Waals surface area contributed by atoms with Gasteiger partial charge in [-0.3, -0.25) is 19.6 Å². The summed E-state index contributed by atoms with van der Waals surface area (Å²) in [4.78, 5) is 22.4. The van der Waals surface area contributed by atoms with Gasteiger partial charge in [-0.15, -0.1) is 0 Å². The maximum absolute atomic E-state index is 11.9. The minimum absolute atomic E-state index is 0.0680. The first-order chi connectivity index (χ1) is 11.8. The first-order valence-corrected chi connectivity index (χ1v) is 7.90. The number of amides is 1. The van der Waals surface area contributed by atoms with Gasteiger partial charge < -0.3 is 0 Å². The van der Waals surface area contributed by atoms with Crippen LogP contribution < -0.4 is 5.43 Å². The lowest BCUT2D eigenvalue weighted by atomic mass is 10.0. The number of carbonyl (C=O) groups is 1. The van der Waals surface area contributed by atoms with Crippen molar-refractivity contribution >= 4 is 17.8 Å². The molecule has 1 heterocycles. The molecule has 132 valence electrons. The Morgan fingerprint density at radius 2 is 2.00 bits per heavy atom. The van der Waals surface area contributed by atoms with Gasteiger partial charge in [0.15, 0.2) is 0 Å². The molecule has 2 aromatic rings. The van der Waals surface area contributed by atoms with Gasteiger partial charge in [0.1, 0.15) is 17.9 Å². The molecular weight excluding hydrogens is 322 g/mol. The Labute approximate surface area is 145 Å². The summed E-state index contributed by atoms with van der Waals surface area (Å²) in [5, 5.41) is 18.9. The normalized spacial score (nSPS) is 11.2. The van der Waals surface area contributed by atoms with Crippen molar-refractivity contribution in [3.63, 3.8) is 0 Å². The number of benzene rings is 1. The zero-order valence-electron chi connectivity index (χ0n) is 14.7. The van der Waals surface area contributed by atoms with Gasteiger partial charge in [-0.2, -0.15) is 10.2 Å². The first-order valence-electron chi connectivity index (χ1n) is 7.90. The quantitative estimate of drug-likeness (QED) is 0.495. The monoisotopic (exact) mass is 343 g/mol. The van der Waals surface area contributed by atoms with Crippen LogP contribution in [0.25, 0.3) is 0 Å². The Kier molecular flexibility index (Phi) is 5.63. The number of aryl methyl sites for hydroxylation is 1. The fourth-order valence-electron chi connectivity index (χ4n) is 2.42. The van der Waals surface area contributed by atoms with Gasteiger partial charge in [-0.05, 0) is 30.9 Å². The molecule has 25 heavy (non-hydrogen) atoms. The summed E-state index contributed by atoms with van der Waals surface area (Å²) in [6.07, 6.45) is 1.55. The molecule has 0 aliphatic rings. The van der Waals surface area contributed by atoms with Crippen LogP contribution in [0, 0.1) is 24.0 Å². The number of hydrazone groups is 1. The molecule has 0 atom stereocenters. The fraction of sp³-hybridized carbons (Fsp3) is 0.353. The summed E-state index contributed by atoms with van der Waals surface area (Å²) in [6, 6.07) is 7.89. The second kappa shape index (κ2) is 7.69. The summed E-state index contributed by atoms with van der Waals surface area (Å²) in [5.74, 6) is 0.0473. The second-order valence-electron chi connectivity index (χ2n) is 6.05. The van der Waals surface area contributed by atoms with Gasteiger partial charge in [0.05, 0.1) is 11.1 Å². The molecule has 0 radical (unpaired) electrons. The van der Waals surface area contributed by atoms with E-state index in [1.807, 2.05) is 24.3 Å². The van der Waals surface area contributed by atoms with Gasteiger partial charge in [0.25, 0.3) is 5.91 Å². The minimum atomic E-state index is -0.495. The number of nitro groups is 1. The number of hydrogen-bond donors (Lipinski definition) is 1. The van der Waals surface area contributed by atoms with Crippen LogP contribution in [0.3, 0.4) is 0 Å². The third-order valence-corrected chi connectivity index (χ3v) is 3.83.